The molecule has 0 saturated carbocycles. The van der Waals surface area contributed by atoms with Gasteiger partial charge in [0.1, 0.15) is 17.2 Å². The number of carbonyl (C=O) groups is 2. The van der Waals surface area contributed by atoms with E-state index < -0.39 is 29.1 Å². The fraction of sp³-hybridized carbons (Fsp3) is 0. The van der Waals surface area contributed by atoms with Crippen LogP contribution in [-0.2, 0) is 0 Å². The maximum absolute atomic E-state index is 13.8. The molecule has 3 aromatic rings. The average molecular weight is 379 g/mol. The third kappa shape index (κ3) is 4.29. The lowest BCUT2D eigenvalue weighted by Crippen LogP contribution is -2.18. The van der Waals surface area contributed by atoms with E-state index in [1.54, 1.807) is 12.1 Å². The van der Waals surface area contributed by atoms with Crippen molar-refractivity contribution < 1.29 is 23.5 Å². The van der Waals surface area contributed by atoms with E-state index in [4.69, 9.17) is 0 Å². The number of anilines is 1. The Labute approximate surface area is 159 Å². The summed E-state index contributed by atoms with van der Waals surface area (Å²) in [6.07, 6.45) is 3.55. The number of benzene rings is 3. The van der Waals surface area contributed by atoms with Crippen LogP contribution in [0, 0.1) is 11.6 Å². The van der Waals surface area contributed by atoms with Crippen LogP contribution in [-0.4, -0.2) is 17.0 Å². The molecule has 0 radical (unpaired) electrons. The monoisotopic (exact) mass is 379 g/mol. The van der Waals surface area contributed by atoms with E-state index >= 15 is 0 Å². The summed E-state index contributed by atoms with van der Waals surface area (Å²) >= 11 is 0. The number of rotatable bonds is 5. The number of hydrogen-bond donors (Lipinski definition) is 2. The van der Waals surface area contributed by atoms with Crippen LogP contribution in [0.5, 0.6) is 0 Å². The van der Waals surface area contributed by atoms with Gasteiger partial charge in [-0.25, -0.2) is 13.6 Å². The highest BCUT2D eigenvalue weighted by molar-refractivity contribution is 6.08. The van der Waals surface area contributed by atoms with Crippen molar-refractivity contribution >= 4 is 29.7 Å². The van der Waals surface area contributed by atoms with Crippen molar-refractivity contribution in [3.05, 3.63) is 101 Å². The molecular weight excluding hydrogens is 364 g/mol. The highest BCUT2D eigenvalue weighted by atomic mass is 19.1. The predicted molar refractivity (Wildman–Crippen MR) is 103 cm³/mol. The second-order valence-electron chi connectivity index (χ2n) is 5.90. The van der Waals surface area contributed by atoms with Crippen molar-refractivity contribution in [2.24, 2.45) is 0 Å². The van der Waals surface area contributed by atoms with Gasteiger partial charge in [-0.3, -0.25) is 4.79 Å². The molecule has 0 unspecified atom stereocenters. The molecule has 3 aromatic carbocycles. The van der Waals surface area contributed by atoms with Crippen molar-refractivity contribution in [1.29, 1.82) is 0 Å². The van der Waals surface area contributed by atoms with Crippen molar-refractivity contribution in [3.63, 3.8) is 0 Å². The minimum absolute atomic E-state index is 0.0598. The van der Waals surface area contributed by atoms with Crippen LogP contribution in [0.1, 0.15) is 31.8 Å². The van der Waals surface area contributed by atoms with E-state index in [-0.39, 0.29) is 11.3 Å². The molecule has 2 N–H and O–H groups in total. The third-order valence-electron chi connectivity index (χ3n) is 3.98. The standard InChI is InChI=1S/C22H15F2NO3/c23-17-7-4-8-18(24)20(17)21(26)25-19-13-15(11-12-16(19)22(27)28)10-9-14-5-2-1-3-6-14/h1-13H,(H,25,26)(H,27,28). The van der Waals surface area contributed by atoms with E-state index in [9.17, 15) is 23.5 Å². The number of carboxylic acids is 1. The Balaban J connectivity index is 1.93. The van der Waals surface area contributed by atoms with E-state index in [2.05, 4.69) is 5.32 Å². The summed E-state index contributed by atoms with van der Waals surface area (Å²) in [5.74, 6) is -4.41. The van der Waals surface area contributed by atoms with Gasteiger partial charge in [0.2, 0.25) is 0 Å². The van der Waals surface area contributed by atoms with E-state index in [1.807, 2.05) is 36.4 Å². The summed E-state index contributed by atoms with van der Waals surface area (Å²) in [7, 11) is 0. The van der Waals surface area contributed by atoms with Gasteiger partial charge >= 0.3 is 5.97 Å². The first-order valence-corrected chi connectivity index (χ1v) is 8.31. The highest BCUT2D eigenvalue weighted by Gasteiger charge is 2.19. The molecular formula is C22H15F2NO3. The number of carbonyl (C=O) groups excluding carboxylic acids is 1. The number of nitrogens with one attached hydrogen (secondary N) is 1. The molecule has 4 nitrogen and oxygen atoms in total. The van der Waals surface area contributed by atoms with Gasteiger partial charge in [0, 0.05) is 0 Å². The van der Waals surface area contributed by atoms with Crippen molar-refractivity contribution in [3.8, 4) is 0 Å². The zero-order chi connectivity index (χ0) is 20.1. The van der Waals surface area contributed by atoms with Crippen LogP contribution in [0.4, 0.5) is 14.5 Å². The summed E-state index contributed by atoms with van der Waals surface area (Å²) in [4.78, 5) is 23.8. The Morgan fingerprint density at radius 3 is 2.11 bits per heavy atom. The smallest absolute Gasteiger partial charge is 0.337 e. The summed E-state index contributed by atoms with van der Waals surface area (Å²) in [6.45, 7) is 0. The van der Waals surface area contributed by atoms with Gasteiger partial charge in [0.25, 0.3) is 5.91 Å². The number of halogens is 2. The Kier molecular flexibility index (Phi) is 5.60. The van der Waals surface area contributed by atoms with Crippen LogP contribution >= 0.6 is 0 Å². The summed E-state index contributed by atoms with van der Waals surface area (Å²) < 4.78 is 27.6. The van der Waals surface area contributed by atoms with Gasteiger partial charge < -0.3 is 10.4 Å². The topological polar surface area (TPSA) is 66.4 Å². The lowest BCUT2D eigenvalue weighted by molar-refractivity contribution is 0.0698. The minimum Gasteiger partial charge on any atom is -0.478 e. The number of carboxylic acid groups (broad SMARTS) is 1. The van der Waals surface area contributed by atoms with Crippen LogP contribution in [0.2, 0.25) is 0 Å². The number of aromatic carboxylic acids is 1. The van der Waals surface area contributed by atoms with Gasteiger partial charge in [-0.15, -0.1) is 0 Å². The lowest BCUT2D eigenvalue weighted by Gasteiger charge is -2.11. The SMILES string of the molecule is O=C(O)c1ccc(C=Cc2ccccc2)cc1NC(=O)c1c(F)cccc1F. The first kappa shape index (κ1) is 19.0. The number of hydrogen-bond acceptors (Lipinski definition) is 2. The van der Waals surface area contributed by atoms with E-state index in [1.165, 1.54) is 12.1 Å². The van der Waals surface area contributed by atoms with Crippen LogP contribution in [0.15, 0.2) is 66.7 Å². The molecule has 0 spiro atoms. The molecule has 1 amide bonds. The maximum atomic E-state index is 13.8. The van der Waals surface area contributed by atoms with Gasteiger partial charge in [-0.05, 0) is 35.4 Å². The van der Waals surface area contributed by atoms with Gasteiger partial charge in [0.05, 0.1) is 11.3 Å². The highest BCUT2D eigenvalue weighted by Crippen LogP contribution is 2.22. The van der Waals surface area contributed by atoms with E-state index in [0.717, 1.165) is 23.8 Å². The molecule has 140 valence electrons. The molecule has 0 atom stereocenters. The second-order valence-corrected chi connectivity index (χ2v) is 5.90. The molecule has 0 aliphatic rings. The van der Waals surface area contributed by atoms with Gasteiger partial charge in [-0.1, -0.05) is 54.6 Å². The molecule has 0 bridgehead atoms. The predicted octanol–water partition coefficient (Wildman–Crippen LogP) is 5.09. The minimum atomic E-state index is -1.28. The Morgan fingerprint density at radius 2 is 1.46 bits per heavy atom. The molecule has 0 fully saturated rings. The fourth-order valence-electron chi connectivity index (χ4n) is 2.61. The Bertz CT molecular complexity index is 1040. The van der Waals surface area contributed by atoms with Crippen LogP contribution in [0.3, 0.4) is 0 Å². The maximum Gasteiger partial charge on any atom is 0.337 e. The molecule has 0 saturated heterocycles. The lowest BCUT2D eigenvalue weighted by atomic mass is 10.1. The normalized spacial score (nSPS) is 10.8. The van der Waals surface area contributed by atoms with Gasteiger partial charge in [0.15, 0.2) is 0 Å². The largest absolute Gasteiger partial charge is 0.478 e. The molecule has 0 aromatic heterocycles. The average Bonchev–Trinajstić information content (AvgIpc) is 2.67. The van der Waals surface area contributed by atoms with Crippen LogP contribution in [0.25, 0.3) is 12.2 Å². The van der Waals surface area contributed by atoms with E-state index in [0.29, 0.717) is 5.56 Å². The zero-order valence-electron chi connectivity index (χ0n) is 14.5. The Hall–Kier alpha value is -3.80. The quantitative estimate of drug-likeness (QED) is 0.607. The molecule has 0 aliphatic heterocycles. The first-order valence-electron chi connectivity index (χ1n) is 8.31. The zero-order valence-corrected chi connectivity index (χ0v) is 14.5. The summed E-state index contributed by atoms with van der Waals surface area (Å²) in [6, 6.07) is 16.8. The van der Waals surface area contributed by atoms with Gasteiger partial charge in [-0.2, -0.15) is 0 Å². The Morgan fingerprint density at radius 1 is 0.821 bits per heavy atom. The van der Waals surface area contributed by atoms with Crippen molar-refractivity contribution in [1.82, 2.24) is 0 Å². The van der Waals surface area contributed by atoms with Crippen LogP contribution < -0.4 is 5.32 Å². The summed E-state index contributed by atoms with van der Waals surface area (Å²) in [5.41, 5.74) is 0.517. The molecule has 0 aliphatic carbocycles. The molecule has 28 heavy (non-hydrogen) atoms. The third-order valence-corrected chi connectivity index (χ3v) is 3.98. The molecule has 6 heteroatoms. The number of amides is 1. The van der Waals surface area contributed by atoms with Crippen molar-refractivity contribution in [2.75, 3.05) is 5.32 Å². The summed E-state index contributed by atoms with van der Waals surface area (Å²) in [5, 5.41) is 11.6. The molecule has 0 heterocycles. The fourth-order valence-corrected chi connectivity index (χ4v) is 2.61. The molecule has 3 rings (SSSR count). The van der Waals surface area contributed by atoms with Crippen molar-refractivity contribution in [2.45, 2.75) is 0 Å². The first-order chi connectivity index (χ1) is 13.5. The second kappa shape index (κ2) is 8.26.